The van der Waals surface area contributed by atoms with Crippen molar-refractivity contribution in [2.24, 2.45) is 5.92 Å². The highest BCUT2D eigenvalue weighted by atomic mass is 19.1. The Bertz CT molecular complexity index is 335. The Kier molecular flexibility index (Phi) is 4.51. The van der Waals surface area contributed by atoms with E-state index in [9.17, 15) is 4.39 Å². The number of nitrogens with one attached hydrogen (secondary N) is 1. The predicted octanol–water partition coefficient (Wildman–Crippen LogP) is 2.26. The number of benzene rings is 1. The molecule has 2 nitrogen and oxygen atoms in total. The molecule has 17 heavy (non-hydrogen) atoms. The molecule has 2 rings (SSSR count). The van der Waals surface area contributed by atoms with Gasteiger partial charge in [-0.05, 0) is 56.6 Å². The van der Waals surface area contributed by atoms with Gasteiger partial charge in [0.1, 0.15) is 5.82 Å². The summed E-state index contributed by atoms with van der Waals surface area (Å²) in [7, 11) is 2.01. The van der Waals surface area contributed by atoms with Crippen LogP contribution in [0.1, 0.15) is 18.4 Å². The molecule has 1 aliphatic heterocycles. The summed E-state index contributed by atoms with van der Waals surface area (Å²) in [6, 6.07) is 6.86. The van der Waals surface area contributed by atoms with Gasteiger partial charge in [0.05, 0.1) is 0 Å². The minimum atomic E-state index is -0.152. The van der Waals surface area contributed by atoms with Gasteiger partial charge in [0.2, 0.25) is 0 Å². The molecule has 1 unspecified atom stereocenters. The second-order valence-corrected chi connectivity index (χ2v) is 4.93. The number of likely N-dealkylation sites (tertiary alicyclic amines) is 1. The molecule has 1 aromatic rings. The Labute approximate surface area is 103 Å². The summed E-state index contributed by atoms with van der Waals surface area (Å²) in [4.78, 5) is 2.47. The van der Waals surface area contributed by atoms with Crippen LogP contribution in [-0.2, 0) is 6.54 Å². The van der Waals surface area contributed by atoms with Gasteiger partial charge >= 0.3 is 0 Å². The minimum Gasteiger partial charge on any atom is -0.319 e. The molecule has 0 bridgehead atoms. The van der Waals surface area contributed by atoms with Gasteiger partial charge in [-0.25, -0.2) is 4.39 Å². The third kappa shape index (κ3) is 3.79. The van der Waals surface area contributed by atoms with E-state index >= 15 is 0 Å². The highest BCUT2D eigenvalue weighted by molar-refractivity contribution is 5.15. The molecule has 0 radical (unpaired) electrons. The molecule has 1 aromatic carbocycles. The lowest BCUT2D eigenvalue weighted by Gasteiger charge is -2.32. The molecule has 0 spiro atoms. The average Bonchev–Trinajstić information content (AvgIpc) is 2.33. The van der Waals surface area contributed by atoms with Crippen molar-refractivity contribution in [2.75, 3.05) is 26.7 Å². The maximum Gasteiger partial charge on any atom is 0.123 e. The Balaban J connectivity index is 1.87. The molecule has 1 atom stereocenters. The Morgan fingerprint density at radius 1 is 1.35 bits per heavy atom. The quantitative estimate of drug-likeness (QED) is 0.862. The number of halogens is 1. The predicted molar refractivity (Wildman–Crippen MR) is 68.3 cm³/mol. The van der Waals surface area contributed by atoms with Crippen LogP contribution in [0.3, 0.4) is 0 Å². The third-order valence-corrected chi connectivity index (χ3v) is 3.42. The maximum atomic E-state index is 12.8. The average molecular weight is 236 g/mol. The van der Waals surface area contributed by atoms with Gasteiger partial charge in [-0.3, -0.25) is 4.90 Å². The molecular weight excluding hydrogens is 215 g/mol. The second kappa shape index (κ2) is 6.12. The smallest absolute Gasteiger partial charge is 0.123 e. The molecule has 1 N–H and O–H groups in total. The summed E-state index contributed by atoms with van der Waals surface area (Å²) in [5.41, 5.74) is 1.21. The van der Waals surface area contributed by atoms with Gasteiger partial charge in [-0.1, -0.05) is 12.1 Å². The molecule has 0 aromatic heterocycles. The van der Waals surface area contributed by atoms with E-state index < -0.39 is 0 Å². The van der Waals surface area contributed by atoms with Crippen LogP contribution in [0.4, 0.5) is 4.39 Å². The van der Waals surface area contributed by atoms with Crippen molar-refractivity contribution >= 4 is 0 Å². The fraction of sp³-hybridized carbons (Fsp3) is 0.571. The largest absolute Gasteiger partial charge is 0.319 e. The van der Waals surface area contributed by atoms with E-state index in [4.69, 9.17) is 0 Å². The van der Waals surface area contributed by atoms with Gasteiger partial charge < -0.3 is 5.32 Å². The third-order valence-electron chi connectivity index (χ3n) is 3.42. The van der Waals surface area contributed by atoms with Gasteiger partial charge in [-0.2, -0.15) is 0 Å². The molecule has 0 amide bonds. The van der Waals surface area contributed by atoms with Gasteiger partial charge in [0.25, 0.3) is 0 Å². The van der Waals surface area contributed by atoms with E-state index in [1.54, 1.807) is 12.1 Å². The Morgan fingerprint density at radius 2 is 2.12 bits per heavy atom. The lowest BCUT2D eigenvalue weighted by atomic mass is 9.97. The zero-order valence-corrected chi connectivity index (χ0v) is 10.5. The van der Waals surface area contributed by atoms with Crippen LogP contribution in [-0.4, -0.2) is 31.6 Å². The maximum absolute atomic E-state index is 12.8. The minimum absolute atomic E-state index is 0.152. The number of nitrogens with zero attached hydrogens (tertiary/aromatic N) is 1. The van der Waals surface area contributed by atoms with Gasteiger partial charge in [0.15, 0.2) is 0 Å². The summed E-state index contributed by atoms with van der Waals surface area (Å²) < 4.78 is 12.8. The Hall–Kier alpha value is -0.930. The van der Waals surface area contributed by atoms with E-state index in [1.165, 1.54) is 18.4 Å². The number of rotatable bonds is 4. The van der Waals surface area contributed by atoms with Crippen LogP contribution in [0.25, 0.3) is 0 Å². The number of hydrogen-bond acceptors (Lipinski definition) is 2. The summed E-state index contributed by atoms with van der Waals surface area (Å²) in [5.74, 6) is 0.606. The van der Waals surface area contributed by atoms with E-state index in [2.05, 4.69) is 10.2 Å². The summed E-state index contributed by atoms with van der Waals surface area (Å²) >= 11 is 0. The van der Waals surface area contributed by atoms with Crippen molar-refractivity contribution < 1.29 is 4.39 Å². The molecule has 0 saturated carbocycles. The highest BCUT2D eigenvalue weighted by Crippen LogP contribution is 2.18. The zero-order valence-electron chi connectivity index (χ0n) is 10.5. The first-order chi connectivity index (χ1) is 8.28. The zero-order chi connectivity index (χ0) is 12.1. The van der Waals surface area contributed by atoms with E-state index in [-0.39, 0.29) is 5.82 Å². The first kappa shape index (κ1) is 12.5. The number of hydrogen-bond donors (Lipinski definition) is 1. The number of piperidine rings is 1. The van der Waals surface area contributed by atoms with Crippen LogP contribution in [0.2, 0.25) is 0 Å². The molecule has 1 aliphatic rings. The summed E-state index contributed by atoms with van der Waals surface area (Å²) in [6.07, 6.45) is 2.59. The Morgan fingerprint density at radius 3 is 2.82 bits per heavy atom. The summed E-state index contributed by atoms with van der Waals surface area (Å²) in [5, 5.41) is 3.25. The monoisotopic (exact) mass is 236 g/mol. The SMILES string of the molecule is CNCC1CCCN(Cc2ccc(F)cc2)C1. The van der Waals surface area contributed by atoms with Crippen molar-refractivity contribution in [1.29, 1.82) is 0 Å². The topological polar surface area (TPSA) is 15.3 Å². The van der Waals surface area contributed by atoms with Crippen molar-refractivity contribution in [3.8, 4) is 0 Å². The van der Waals surface area contributed by atoms with Gasteiger partial charge in [-0.15, -0.1) is 0 Å². The van der Waals surface area contributed by atoms with Gasteiger partial charge in [0, 0.05) is 13.1 Å². The normalized spacial score (nSPS) is 21.6. The molecule has 1 fully saturated rings. The van der Waals surface area contributed by atoms with Crippen molar-refractivity contribution in [1.82, 2.24) is 10.2 Å². The molecule has 3 heteroatoms. The van der Waals surface area contributed by atoms with E-state index in [0.717, 1.165) is 32.1 Å². The fourth-order valence-electron chi connectivity index (χ4n) is 2.60. The van der Waals surface area contributed by atoms with Crippen LogP contribution < -0.4 is 5.32 Å². The molecule has 0 aliphatic carbocycles. The van der Waals surface area contributed by atoms with Crippen LogP contribution in [0.15, 0.2) is 24.3 Å². The van der Waals surface area contributed by atoms with E-state index in [0.29, 0.717) is 0 Å². The highest BCUT2D eigenvalue weighted by Gasteiger charge is 2.19. The molecule has 94 valence electrons. The van der Waals surface area contributed by atoms with Crippen molar-refractivity contribution in [3.63, 3.8) is 0 Å². The van der Waals surface area contributed by atoms with Crippen LogP contribution in [0, 0.1) is 11.7 Å². The first-order valence-electron chi connectivity index (χ1n) is 6.39. The van der Waals surface area contributed by atoms with Crippen molar-refractivity contribution in [3.05, 3.63) is 35.6 Å². The van der Waals surface area contributed by atoms with E-state index in [1.807, 2.05) is 19.2 Å². The molecule has 1 saturated heterocycles. The second-order valence-electron chi connectivity index (χ2n) is 4.93. The van der Waals surface area contributed by atoms with Crippen LogP contribution in [0.5, 0.6) is 0 Å². The standard InChI is InChI=1S/C14H21FN2/c1-16-9-13-3-2-8-17(11-13)10-12-4-6-14(15)7-5-12/h4-7,13,16H,2-3,8-11H2,1H3. The molecular formula is C14H21FN2. The lowest BCUT2D eigenvalue weighted by molar-refractivity contribution is 0.167. The molecule has 1 heterocycles. The fourth-order valence-corrected chi connectivity index (χ4v) is 2.60. The first-order valence-corrected chi connectivity index (χ1v) is 6.39. The van der Waals surface area contributed by atoms with Crippen LogP contribution >= 0.6 is 0 Å². The lowest BCUT2D eigenvalue weighted by Crippen LogP contribution is -2.38. The summed E-state index contributed by atoms with van der Waals surface area (Å²) in [6.45, 7) is 4.36. The van der Waals surface area contributed by atoms with Crippen molar-refractivity contribution in [2.45, 2.75) is 19.4 Å².